The maximum atomic E-state index is 10.9. The third-order valence-electron chi connectivity index (χ3n) is 2.23. The molecule has 0 aliphatic heterocycles. The van der Waals surface area contributed by atoms with Crippen LogP contribution in [0, 0.1) is 10.1 Å². The molecular formula is C11H12N4O2S2. The highest BCUT2D eigenvalue weighted by Gasteiger charge is 2.11. The molecule has 0 saturated heterocycles. The molecule has 2 rings (SSSR count). The van der Waals surface area contributed by atoms with Crippen LogP contribution >= 0.6 is 23.1 Å². The van der Waals surface area contributed by atoms with Gasteiger partial charge in [-0.25, -0.2) is 0 Å². The average molecular weight is 296 g/mol. The van der Waals surface area contributed by atoms with E-state index in [0.717, 1.165) is 27.9 Å². The molecule has 0 radical (unpaired) electrons. The molecule has 1 aromatic carbocycles. The van der Waals surface area contributed by atoms with Crippen LogP contribution in [0.2, 0.25) is 0 Å². The van der Waals surface area contributed by atoms with E-state index >= 15 is 0 Å². The van der Waals surface area contributed by atoms with E-state index in [-0.39, 0.29) is 10.6 Å². The third kappa shape index (κ3) is 3.90. The summed E-state index contributed by atoms with van der Waals surface area (Å²) in [6.45, 7) is 2.82. The van der Waals surface area contributed by atoms with E-state index in [1.807, 2.05) is 13.0 Å². The van der Waals surface area contributed by atoms with Crippen LogP contribution in [-0.4, -0.2) is 21.7 Å². The van der Waals surface area contributed by atoms with Gasteiger partial charge in [0.05, 0.1) is 4.92 Å². The fourth-order valence-corrected chi connectivity index (χ4v) is 2.97. The van der Waals surface area contributed by atoms with Gasteiger partial charge >= 0.3 is 0 Å². The van der Waals surface area contributed by atoms with Crippen molar-refractivity contribution in [2.45, 2.75) is 22.6 Å². The molecule has 0 fully saturated rings. The van der Waals surface area contributed by atoms with Crippen molar-refractivity contribution < 1.29 is 4.92 Å². The van der Waals surface area contributed by atoms with Crippen LogP contribution in [0.3, 0.4) is 0 Å². The Kier molecular flexibility index (Phi) is 4.69. The second kappa shape index (κ2) is 6.48. The topological polar surface area (TPSA) is 81.0 Å². The van der Waals surface area contributed by atoms with Crippen molar-refractivity contribution in [3.63, 3.8) is 0 Å². The van der Waals surface area contributed by atoms with Crippen molar-refractivity contribution in [2.24, 2.45) is 0 Å². The highest BCUT2D eigenvalue weighted by molar-refractivity contribution is 8.01. The quantitative estimate of drug-likeness (QED) is 0.650. The number of benzene rings is 1. The monoisotopic (exact) mass is 296 g/mol. The molecular weight excluding hydrogens is 284 g/mol. The number of non-ortho nitro benzene ring substituents is 1. The Morgan fingerprint density at radius 3 is 2.95 bits per heavy atom. The molecule has 0 saturated carbocycles. The summed E-state index contributed by atoms with van der Waals surface area (Å²) in [5.41, 5.74) is 2.46. The third-order valence-corrected chi connectivity index (χ3v) is 3.98. The van der Waals surface area contributed by atoms with Crippen molar-refractivity contribution >= 4 is 34.5 Å². The minimum atomic E-state index is -0.388. The fourth-order valence-electron chi connectivity index (χ4n) is 1.43. The second-order valence-corrected chi connectivity index (χ2v) is 5.86. The van der Waals surface area contributed by atoms with Crippen LogP contribution in [0.5, 0.6) is 0 Å². The summed E-state index contributed by atoms with van der Waals surface area (Å²) in [7, 11) is 0. The Hall–Kier alpha value is -1.67. The Morgan fingerprint density at radius 1 is 1.47 bits per heavy atom. The van der Waals surface area contributed by atoms with Gasteiger partial charge in [-0.1, -0.05) is 30.0 Å². The Morgan fingerprint density at radius 2 is 2.32 bits per heavy atom. The van der Waals surface area contributed by atoms with Crippen LogP contribution in [0.15, 0.2) is 32.9 Å². The average Bonchev–Trinajstić information content (AvgIpc) is 2.89. The van der Waals surface area contributed by atoms with Gasteiger partial charge in [-0.15, -0.1) is 10.2 Å². The van der Waals surface area contributed by atoms with Crippen molar-refractivity contribution in [3.05, 3.63) is 33.8 Å². The van der Waals surface area contributed by atoms with Gasteiger partial charge < -0.3 is 5.32 Å². The maximum absolute atomic E-state index is 10.9. The van der Waals surface area contributed by atoms with E-state index in [9.17, 15) is 10.1 Å². The molecule has 0 spiro atoms. The number of aromatic nitrogens is 2. The van der Waals surface area contributed by atoms with Gasteiger partial charge in [0, 0.05) is 29.3 Å². The number of nitrogens with zero attached hydrogens (tertiary/aromatic N) is 3. The Balaban J connectivity index is 2.25. The molecule has 1 heterocycles. The molecule has 0 bridgehead atoms. The lowest BCUT2D eigenvalue weighted by Gasteiger charge is -2.06. The van der Waals surface area contributed by atoms with Gasteiger partial charge in [0.25, 0.3) is 5.69 Å². The summed E-state index contributed by atoms with van der Waals surface area (Å²) >= 11 is 2.78. The predicted octanol–water partition coefficient (Wildman–Crippen LogP) is 3.42. The molecule has 19 heavy (non-hydrogen) atoms. The lowest BCUT2D eigenvalue weighted by atomic mass is 10.2. The van der Waals surface area contributed by atoms with Gasteiger partial charge in [-0.2, -0.15) is 0 Å². The first-order valence-corrected chi connectivity index (χ1v) is 7.36. The molecule has 6 nitrogen and oxygen atoms in total. The molecule has 0 amide bonds. The lowest BCUT2D eigenvalue weighted by Crippen LogP contribution is -2.00. The minimum absolute atomic E-state index is 0.0770. The zero-order valence-electron chi connectivity index (χ0n) is 10.2. The molecule has 0 aliphatic rings. The molecule has 8 heteroatoms. The van der Waals surface area contributed by atoms with Crippen LogP contribution in [-0.2, 0) is 0 Å². The minimum Gasteiger partial charge on any atom is -0.385 e. The zero-order chi connectivity index (χ0) is 13.7. The summed E-state index contributed by atoms with van der Waals surface area (Å²) < 4.78 is 0.766. The smallest absolute Gasteiger partial charge is 0.272 e. The molecule has 1 aromatic heterocycles. The second-order valence-electron chi connectivity index (χ2n) is 3.71. The molecule has 100 valence electrons. The lowest BCUT2D eigenvalue weighted by molar-refractivity contribution is -0.385. The first-order chi connectivity index (χ1) is 9.19. The number of nitro benzene ring substituents is 1. The molecule has 0 aliphatic carbocycles. The standard InChI is InChI=1S/C11H12N4O2S2/c1-2-3-12-8-4-9(15(16)17)6-10(5-8)19-11-14-13-7-18-11/h4-7,12H,2-3H2,1H3. The van der Waals surface area contributed by atoms with Gasteiger partial charge in [-0.3, -0.25) is 10.1 Å². The summed E-state index contributed by atoms with van der Waals surface area (Å²) in [5, 5.41) is 21.7. The Bertz CT molecular complexity index is 560. The van der Waals surface area contributed by atoms with Crippen LogP contribution < -0.4 is 5.32 Å². The summed E-state index contributed by atoms with van der Waals surface area (Å²) in [6, 6.07) is 4.97. The maximum Gasteiger partial charge on any atom is 0.272 e. The van der Waals surface area contributed by atoms with E-state index in [1.54, 1.807) is 17.6 Å². The van der Waals surface area contributed by atoms with Gasteiger partial charge in [0.1, 0.15) is 5.51 Å². The molecule has 2 aromatic rings. The molecule has 0 unspecified atom stereocenters. The first-order valence-electron chi connectivity index (χ1n) is 5.66. The number of rotatable bonds is 6. The summed E-state index contributed by atoms with van der Waals surface area (Å²) in [5.74, 6) is 0. The number of hydrogen-bond acceptors (Lipinski definition) is 7. The number of hydrogen-bond donors (Lipinski definition) is 1. The normalized spacial score (nSPS) is 10.4. The summed E-state index contributed by atoms with van der Waals surface area (Å²) in [6.07, 6.45) is 0.960. The Labute approximate surface area is 118 Å². The SMILES string of the molecule is CCCNc1cc(Sc2nncs2)cc([N+](=O)[O-])c1. The summed E-state index contributed by atoms with van der Waals surface area (Å²) in [4.78, 5) is 11.3. The van der Waals surface area contributed by atoms with Crippen molar-refractivity contribution in [3.8, 4) is 0 Å². The van der Waals surface area contributed by atoms with Gasteiger partial charge in [0.2, 0.25) is 0 Å². The van der Waals surface area contributed by atoms with Crippen molar-refractivity contribution in [1.82, 2.24) is 10.2 Å². The van der Waals surface area contributed by atoms with E-state index in [1.165, 1.54) is 23.1 Å². The molecule has 1 N–H and O–H groups in total. The number of anilines is 1. The highest BCUT2D eigenvalue weighted by Crippen LogP contribution is 2.33. The van der Waals surface area contributed by atoms with E-state index in [0.29, 0.717) is 0 Å². The van der Waals surface area contributed by atoms with Crippen molar-refractivity contribution in [2.75, 3.05) is 11.9 Å². The zero-order valence-corrected chi connectivity index (χ0v) is 11.8. The van der Waals surface area contributed by atoms with Crippen molar-refractivity contribution in [1.29, 1.82) is 0 Å². The van der Waals surface area contributed by atoms with Crippen LogP contribution in [0.4, 0.5) is 11.4 Å². The van der Waals surface area contributed by atoms with Gasteiger partial charge in [-0.05, 0) is 12.5 Å². The van der Waals surface area contributed by atoms with Gasteiger partial charge in [0.15, 0.2) is 4.34 Å². The predicted molar refractivity (Wildman–Crippen MR) is 75.9 cm³/mol. The van der Waals surface area contributed by atoms with Crippen LogP contribution in [0.25, 0.3) is 0 Å². The van der Waals surface area contributed by atoms with Crippen LogP contribution in [0.1, 0.15) is 13.3 Å². The van der Waals surface area contributed by atoms with E-state index < -0.39 is 0 Å². The van der Waals surface area contributed by atoms with E-state index in [2.05, 4.69) is 15.5 Å². The number of nitro groups is 1. The fraction of sp³-hybridized carbons (Fsp3) is 0.273. The highest BCUT2D eigenvalue weighted by atomic mass is 32.2. The largest absolute Gasteiger partial charge is 0.385 e. The first kappa shape index (κ1) is 13.8. The molecule has 0 atom stereocenters. The van der Waals surface area contributed by atoms with E-state index in [4.69, 9.17) is 0 Å². The number of nitrogens with one attached hydrogen (secondary N) is 1.